The molecule has 2 saturated carbocycles. The first-order valence-corrected chi connectivity index (χ1v) is 13.6. The van der Waals surface area contributed by atoms with Crippen molar-refractivity contribution in [1.29, 1.82) is 0 Å². The minimum absolute atomic E-state index is 0.0469. The summed E-state index contributed by atoms with van der Waals surface area (Å²) in [5.74, 6) is 0.679. The monoisotopic (exact) mass is 374 g/mol. The molecule has 2 aliphatic rings. The molecule has 21 heavy (non-hydrogen) atoms. The summed E-state index contributed by atoms with van der Waals surface area (Å²) in [5, 5.41) is 12.9. The van der Waals surface area contributed by atoms with E-state index in [0.717, 1.165) is 23.5 Å². The Labute approximate surface area is 135 Å². The zero-order chi connectivity index (χ0) is 15.3. The summed E-state index contributed by atoms with van der Waals surface area (Å²) in [4.78, 5) is 0. The van der Waals surface area contributed by atoms with Crippen LogP contribution in [0.1, 0.15) is 40.0 Å². The van der Waals surface area contributed by atoms with Crippen molar-refractivity contribution < 1.29 is 5.11 Å². The van der Waals surface area contributed by atoms with E-state index < -0.39 is 11.9 Å². The normalized spacial score (nSPS) is 36.6. The Morgan fingerprint density at radius 2 is 1.95 bits per heavy atom. The summed E-state index contributed by atoms with van der Waals surface area (Å²) in [7, 11) is 7.25. The molecule has 118 valence electrons. The van der Waals surface area contributed by atoms with E-state index in [-0.39, 0.29) is 16.9 Å². The second-order valence-electron chi connectivity index (χ2n) is 7.40. The number of fused-ring (bicyclic) bond motifs is 2. The van der Waals surface area contributed by atoms with Crippen molar-refractivity contribution >= 4 is 26.5 Å². The fraction of sp³-hybridized carbons (Fsp3) is 0.667. The summed E-state index contributed by atoms with van der Waals surface area (Å²) in [6.07, 6.45) is 3.25. The maximum atomic E-state index is 10.8. The fourth-order valence-electron chi connectivity index (χ4n) is 4.80. The van der Waals surface area contributed by atoms with Crippen LogP contribution in [-0.2, 0) is 0 Å². The Morgan fingerprint density at radius 1 is 1.29 bits per heavy atom. The summed E-state index contributed by atoms with van der Waals surface area (Å²) in [6, 6.07) is 10.7. The molecule has 1 N–H and O–H groups in total. The van der Waals surface area contributed by atoms with E-state index >= 15 is 0 Å². The number of aliphatic hydroxyl groups excluding tert-OH is 1. The average molecular weight is 374 g/mol. The Morgan fingerprint density at radius 3 is 2.43 bits per heavy atom. The van der Waals surface area contributed by atoms with E-state index in [1.807, 2.05) is 0 Å². The van der Waals surface area contributed by atoms with Gasteiger partial charge in [-0.05, 0) is 0 Å². The van der Waals surface area contributed by atoms with E-state index in [9.17, 15) is 5.11 Å². The van der Waals surface area contributed by atoms with Gasteiger partial charge in [0.25, 0.3) is 0 Å². The van der Waals surface area contributed by atoms with Crippen LogP contribution in [0.4, 0.5) is 0 Å². The van der Waals surface area contributed by atoms with Crippen LogP contribution in [0, 0.1) is 16.7 Å². The summed E-state index contributed by atoms with van der Waals surface area (Å²) < 4.78 is 1.35. The van der Waals surface area contributed by atoms with Crippen LogP contribution in [0.3, 0.4) is 0 Å². The standard InChI is InChI=1S/C18H27ClOSe/c1-4-21(19,15-8-6-5-7-9-15)13-18-11-10-14(12-16(18)20)17(18,2)3/h5-9,14,16,20H,4,10-13H2,1-3H3/t14-,16-,18-/m1/s1. The molecule has 2 bridgehead atoms. The van der Waals surface area contributed by atoms with Gasteiger partial charge in [0.2, 0.25) is 0 Å². The summed E-state index contributed by atoms with van der Waals surface area (Å²) in [6.45, 7) is 6.98. The Hall–Kier alpha value is -0.0105. The topological polar surface area (TPSA) is 20.2 Å². The van der Waals surface area contributed by atoms with Crippen LogP contribution in [0.5, 0.6) is 0 Å². The molecule has 0 saturated heterocycles. The molecule has 4 atom stereocenters. The van der Waals surface area contributed by atoms with Crippen LogP contribution in [0.15, 0.2) is 30.3 Å². The molecule has 2 fully saturated rings. The fourth-order valence-corrected chi connectivity index (χ4v) is 12.4. The zero-order valence-electron chi connectivity index (χ0n) is 13.3. The molecule has 1 aromatic rings. The van der Waals surface area contributed by atoms with Gasteiger partial charge in [0.15, 0.2) is 0 Å². The van der Waals surface area contributed by atoms with Gasteiger partial charge in [-0.2, -0.15) is 0 Å². The summed E-state index contributed by atoms with van der Waals surface area (Å²) in [5.41, 5.74) is 0.277. The van der Waals surface area contributed by atoms with Crippen LogP contribution >= 0.6 is 10.1 Å². The third-order valence-corrected chi connectivity index (χ3v) is 15.4. The van der Waals surface area contributed by atoms with Crippen molar-refractivity contribution in [3.05, 3.63) is 30.3 Å². The number of aliphatic hydroxyl groups is 1. The zero-order valence-corrected chi connectivity index (χ0v) is 15.8. The van der Waals surface area contributed by atoms with E-state index in [1.165, 1.54) is 10.9 Å². The van der Waals surface area contributed by atoms with Crippen molar-refractivity contribution in [3.8, 4) is 0 Å². The predicted octanol–water partition coefficient (Wildman–Crippen LogP) is 4.29. The molecule has 0 aliphatic heterocycles. The van der Waals surface area contributed by atoms with Crippen LogP contribution in [0.2, 0.25) is 10.6 Å². The van der Waals surface area contributed by atoms with Crippen molar-refractivity contribution in [2.24, 2.45) is 16.7 Å². The molecule has 2 aliphatic carbocycles. The van der Waals surface area contributed by atoms with Crippen molar-refractivity contribution in [2.75, 3.05) is 0 Å². The molecule has 0 radical (unpaired) electrons. The van der Waals surface area contributed by atoms with Crippen molar-refractivity contribution in [2.45, 2.75) is 56.8 Å². The number of hydrogen-bond acceptors (Lipinski definition) is 1. The molecule has 1 nitrogen and oxygen atoms in total. The van der Waals surface area contributed by atoms with Gasteiger partial charge in [-0.1, -0.05) is 0 Å². The van der Waals surface area contributed by atoms with Gasteiger partial charge in [-0.25, -0.2) is 0 Å². The van der Waals surface area contributed by atoms with E-state index in [0.29, 0.717) is 5.92 Å². The van der Waals surface area contributed by atoms with Crippen LogP contribution in [0.25, 0.3) is 0 Å². The maximum absolute atomic E-state index is 10.8. The SMILES string of the molecule is CC[Se@](Cl)(C[C@]12CC[C@H](C[C@H]1O)C2(C)C)c1ccccc1. The molecule has 0 heterocycles. The van der Waals surface area contributed by atoms with Gasteiger partial charge >= 0.3 is 135 Å². The van der Waals surface area contributed by atoms with Crippen LogP contribution < -0.4 is 4.46 Å². The number of halogens is 1. The number of rotatable bonds is 4. The molecule has 0 aromatic heterocycles. The molecular weight excluding hydrogens is 347 g/mol. The molecule has 3 rings (SSSR count). The average Bonchev–Trinajstić information content (AvgIpc) is 2.82. The quantitative estimate of drug-likeness (QED) is 0.781. The Bertz CT molecular complexity index is 517. The van der Waals surface area contributed by atoms with Crippen LogP contribution in [-0.4, -0.2) is 23.1 Å². The van der Waals surface area contributed by atoms with Gasteiger partial charge in [-0.3, -0.25) is 0 Å². The minimum atomic E-state index is -2.26. The molecular formula is C18H27ClOSe. The van der Waals surface area contributed by atoms with Crippen molar-refractivity contribution in [1.82, 2.24) is 0 Å². The van der Waals surface area contributed by atoms with Gasteiger partial charge in [0.1, 0.15) is 0 Å². The number of benzene rings is 1. The second-order valence-corrected chi connectivity index (χ2v) is 16.6. The first-order valence-electron chi connectivity index (χ1n) is 8.07. The van der Waals surface area contributed by atoms with Gasteiger partial charge < -0.3 is 0 Å². The molecule has 0 amide bonds. The van der Waals surface area contributed by atoms with Gasteiger partial charge in [0.05, 0.1) is 0 Å². The first-order chi connectivity index (χ1) is 9.86. The predicted molar refractivity (Wildman–Crippen MR) is 92.5 cm³/mol. The van der Waals surface area contributed by atoms with Gasteiger partial charge in [-0.15, -0.1) is 0 Å². The van der Waals surface area contributed by atoms with Gasteiger partial charge in [0, 0.05) is 0 Å². The molecule has 0 unspecified atom stereocenters. The second kappa shape index (κ2) is 5.27. The Balaban J connectivity index is 1.97. The molecule has 0 spiro atoms. The number of hydrogen-bond donors (Lipinski definition) is 1. The van der Waals surface area contributed by atoms with E-state index in [4.69, 9.17) is 10.1 Å². The summed E-state index contributed by atoms with van der Waals surface area (Å²) >= 11 is -2.26. The van der Waals surface area contributed by atoms with E-state index in [1.54, 1.807) is 0 Å². The molecule has 3 heteroatoms. The van der Waals surface area contributed by atoms with E-state index in [2.05, 4.69) is 51.1 Å². The third-order valence-electron chi connectivity index (χ3n) is 6.50. The first kappa shape index (κ1) is 15.9. The third kappa shape index (κ3) is 2.22. The Kier molecular flexibility index (Phi) is 3.98. The molecule has 1 aromatic carbocycles. The van der Waals surface area contributed by atoms with Crippen molar-refractivity contribution in [3.63, 3.8) is 0 Å².